The molecule has 3 aromatic heterocycles. The number of nitrogens with zero attached hydrogens (tertiary/aromatic N) is 3. The Morgan fingerprint density at radius 3 is 2.16 bits per heavy atom. The monoisotopic (exact) mass is 603 g/mol. The van der Waals surface area contributed by atoms with Gasteiger partial charge in [0, 0.05) is 41.2 Å². The van der Waals surface area contributed by atoms with Crippen LogP contribution in [-0.4, -0.2) is 14.5 Å². The van der Waals surface area contributed by atoms with Crippen LogP contribution in [0.2, 0.25) is 0 Å². The number of imidazole rings is 1. The van der Waals surface area contributed by atoms with E-state index < -0.39 is 6.37 Å². The summed E-state index contributed by atoms with van der Waals surface area (Å²) >= 11 is 1.62. The Morgan fingerprint density at radius 2 is 1.38 bits per heavy atom. The van der Waals surface area contributed by atoms with Crippen LogP contribution in [0.25, 0.3) is 59.2 Å². The van der Waals surface area contributed by atoms with Gasteiger partial charge in [-0.15, -0.1) is 11.3 Å². The molecule has 0 aliphatic rings. The summed E-state index contributed by atoms with van der Waals surface area (Å²) < 4.78 is 21.4. The van der Waals surface area contributed by atoms with E-state index in [2.05, 4.69) is 105 Å². The maximum Gasteiger partial charge on any atom is 0.147 e. The molecule has 0 spiro atoms. The molecule has 0 amide bonds. The molecule has 0 radical (unpaired) electrons. The quantitative estimate of drug-likeness (QED) is 0.189. The summed E-state index contributed by atoms with van der Waals surface area (Å²) in [5.74, 6) is 1.53. The van der Waals surface area contributed by atoms with E-state index in [1.165, 1.54) is 27.6 Å². The van der Waals surface area contributed by atoms with Gasteiger partial charge in [0.15, 0.2) is 0 Å². The largest absolute Gasteiger partial charge is 0.291 e. The van der Waals surface area contributed by atoms with Gasteiger partial charge in [0.1, 0.15) is 10.7 Å². The Labute approximate surface area is 270 Å². The van der Waals surface area contributed by atoms with Gasteiger partial charge in [0.2, 0.25) is 0 Å². The van der Waals surface area contributed by atoms with Crippen molar-refractivity contribution >= 4 is 53.4 Å². The van der Waals surface area contributed by atoms with Crippen LogP contribution in [0.3, 0.4) is 0 Å². The average molecular weight is 604 g/mol. The van der Waals surface area contributed by atoms with Gasteiger partial charge in [-0.1, -0.05) is 119 Å². The first-order valence-electron chi connectivity index (χ1n) is 16.7. The predicted octanol–water partition coefficient (Wildman–Crippen LogP) is 11.4. The number of pyridine rings is 1. The third kappa shape index (κ3) is 4.63. The van der Waals surface area contributed by atoms with Gasteiger partial charge in [-0.25, -0.2) is 9.97 Å². The van der Waals surface area contributed by atoms with Crippen LogP contribution in [0.15, 0.2) is 115 Å². The minimum absolute atomic E-state index is 0.311. The zero-order valence-electron chi connectivity index (χ0n) is 27.9. The van der Waals surface area contributed by atoms with E-state index in [1.807, 2.05) is 42.5 Å². The highest BCUT2D eigenvalue weighted by Crippen LogP contribution is 2.43. The fourth-order valence-electron chi connectivity index (χ4n) is 6.60. The molecule has 0 saturated carbocycles. The van der Waals surface area contributed by atoms with Gasteiger partial charge in [0.25, 0.3) is 0 Å². The maximum atomic E-state index is 8.95. The third-order valence-electron chi connectivity index (χ3n) is 8.76. The maximum absolute atomic E-state index is 8.95. The summed E-state index contributed by atoms with van der Waals surface area (Å²) in [6.45, 7) is 9.07. The van der Waals surface area contributed by atoms with Crippen molar-refractivity contribution in [3.63, 3.8) is 0 Å². The molecule has 0 unspecified atom stereocenters. The second-order valence-electron chi connectivity index (χ2n) is 12.3. The molecule has 3 nitrogen and oxygen atoms in total. The van der Waals surface area contributed by atoms with Crippen LogP contribution in [0, 0.1) is 0 Å². The number of aromatic nitrogens is 3. The van der Waals surface area contributed by atoms with E-state index in [0.29, 0.717) is 23.1 Å². The Bertz CT molecular complexity index is 2430. The lowest BCUT2D eigenvalue weighted by molar-refractivity contribution is 0.811. The molecule has 0 fully saturated rings. The minimum atomic E-state index is -1.71. The van der Waals surface area contributed by atoms with Crippen LogP contribution >= 0.6 is 11.3 Å². The van der Waals surface area contributed by atoms with Crippen LogP contribution in [0.4, 0.5) is 0 Å². The van der Waals surface area contributed by atoms with Crippen LogP contribution < -0.4 is 0 Å². The summed E-state index contributed by atoms with van der Waals surface area (Å²) in [4.78, 5) is 11.2. The van der Waals surface area contributed by atoms with Gasteiger partial charge < -0.3 is 0 Å². The van der Waals surface area contributed by atoms with E-state index in [4.69, 9.17) is 12.7 Å². The fraction of sp³-hybridized carbons (Fsp3) is 0.171. The van der Waals surface area contributed by atoms with Gasteiger partial charge in [0.05, 0.1) is 16.7 Å². The lowest BCUT2D eigenvalue weighted by Crippen LogP contribution is -2.08. The lowest BCUT2D eigenvalue weighted by Gasteiger charge is -2.23. The molecule has 3 heterocycles. The zero-order valence-corrected chi connectivity index (χ0v) is 26.7. The smallest absolute Gasteiger partial charge is 0.147 e. The molecule has 45 heavy (non-hydrogen) atoms. The third-order valence-corrected chi connectivity index (χ3v) is 9.91. The van der Waals surface area contributed by atoms with E-state index in [9.17, 15) is 0 Å². The highest BCUT2D eigenvalue weighted by Gasteiger charge is 2.25. The molecule has 0 N–H and O–H groups in total. The molecule has 0 saturated heterocycles. The first kappa shape index (κ1) is 25.5. The van der Waals surface area contributed by atoms with Gasteiger partial charge in [-0.05, 0) is 58.2 Å². The van der Waals surface area contributed by atoms with Gasteiger partial charge >= 0.3 is 0 Å². The summed E-state index contributed by atoms with van der Waals surface area (Å²) in [7, 11) is 0. The number of rotatable bonds is 6. The first-order chi connectivity index (χ1) is 22.7. The van der Waals surface area contributed by atoms with E-state index in [0.717, 1.165) is 42.7 Å². The number of benzene rings is 5. The van der Waals surface area contributed by atoms with Crippen molar-refractivity contribution in [1.82, 2.24) is 14.5 Å². The minimum Gasteiger partial charge on any atom is -0.291 e. The molecule has 8 rings (SSSR count). The Balaban J connectivity index is 1.45. The Kier molecular flexibility index (Phi) is 6.22. The van der Waals surface area contributed by atoms with Crippen molar-refractivity contribution in [2.75, 3.05) is 0 Å². The van der Waals surface area contributed by atoms with E-state index in [-0.39, 0.29) is 0 Å². The van der Waals surface area contributed by atoms with Crippen molar-refractivity contribution < 1.29 is 2.74 Å². The molecular formula is C41H35N3S. The zero-order chi connectivity index (χ0) is 32.4. The highest BCUT2D eigenvalue weighted by atomic mass is 32.1. The van der Waals surface area contributed by atoms with Crippen molar-refractivity contribution in [2.45, 2.75) is 45.9 Å². The number of hydrogen-bond acceptors (Lipinski definition) is 3. The molecule has 0 atom stereocenters. The molecular weight excluding hydrogens is 567 g/mol. The second kappa shape index (κ2) is 11.0. The lowest BCUT2D eigenvalue weighted by atomic mass is 9.92. The average Bonchev–Trinajstić information content (AvgIpc) is 3.66. The Morgan fingerprint density at radius 1 is 0.667 bits per heavy atom. The van der Waals surface area contributed by atoms with Crippen LogP contribution in [0.5, 0.6) is 0 Å². The van der Waals surface area contributed by atoms with Crippen molar-refractivity contribution in [1.29, 1.82) is 0 Å². The highest BCUT2D eigenvalue weighted by molar-refractivity contribution is 7.26. The standard InChI is InChI=1S/C41H35N3S/c1-25(2)30-16-10-17-31(26(3)4)37(30)44-38-32-15-9-8-14-28(32)20-23-36(38)43-40(44)35-19-11-18-33-34-22-21-29(42-41(34)45-39(33)35)24-27-12-6-5-7-13-27/h5-23,25-26H,24H2,1-4H3/i24D2. The SMILES string of the molecule is [2H]C([2H])(c1ccccc1)c1ccc2c(n1)sc1c(-c3nc4ccc5ccccc5c4n3-c3c(C(C)C)cccc3C(C)C)cccc12. The summed E-state index contributed by atoms with van der Waals surface area (Å²) in [6, 6.07) is 39.2. The van der Waals surface area contributed by atoms with Crippen molar-refractivity contribution in [3.05, 3.63) is 138 Å². The fourth-order valence-corrected chi connectivity index (χ4v) is 7.78. The summed E-state index contributed by atoms with van der Waals surface area (Å²) in [5, 5.41) is 4.49. The Hall–Kier alpha value is -4.80. The number of fused-ring (bicyclic) bond motifs is 6. The van der Waals surface area contributed by atoms with Gasteiger partial charge in [-0.2, -0.15) is 0 Å². The van der Waals surface area contributed by atoms with E-state index >= 15 is 0 Å². The van der Waals surface area contributed by atoms with Crippen LogP contribution in [-0.2, 0) is 6.37 Å². The number of thiophene rings is 1. The molecule has 220 valence electrons. The normalized spacial score (nSPS) is 13.0. The topological polar surface area (TPSA) is 30.7 Å². The second-order valence-corrected chi connectivity index (χ2v) is 13.3. The molecule has 0 bridgehead atoms. The van der Waals surface area contributed by atoms with Crippen molar-refractivity contribution in [2.24, 2.45) is 0 Å². The van der Waals surface area contributed by atoms with E-state index in [1.54, 1.807) is 11.3 Å². The molecule has 8 aromatic rings. The van der Waals surface area contributed by atoms with Crippen molar-refractivity contribution in [3.8, 4) is 17.1 Å². The summed E-state index contributed by atoms with van der Waals surface area (Å²) in [6.07, 6.45) is -1.71. The predicted molar refractivity (Wildman–Crippen MR) is 192 cm³/mol. The molecule has 5 aromatic carbocycles. The number of para-hydroxylation sites is 1. The first-order valence-corrected chi connectivity index (χ1v) is 16.5. The number of hydrogen-bond donors (Lipinski definition) is 0. The van der Waals surface area contributed by atoms with Crippen LogP contribution in [0.1, 0.15) is 64.7 Å². The summed E-state index contributed by atoms with van der Waals surface area (Å²) in [5.41, 5.74) is 7.93. The van der Waals surface area contributed by atoms with Gasteiger partial charge in [-0.3, -0.25) is 4.57 Å². The molecule has 0 aliphatic carbocycles. The molecule has 4 heteroatoms. The molecule has 0 aliphatic heterocycles.